The summed E-state index contributed by atoms with van der Waals surface area (Å²) in [7, 11) is 1.58. The molecule has 1 aliphatic heterocycles. The molecule has 0 N–H and O–H groups in total. The lowest BCUT2D eigenvalue weighted by atomic mass is 9.91. The lowest BCUT2D eigenvalue weighted by Gasteiger charge is -2.25. The normalized spacial score (nSPS) is 17.1. The first-order valence-electron chi connectivity index (χ1n) is 5.96. The molecule has 0 amide bonds. The van der Waals surface area contributed by atoms with Gasteiger partial charge in [0, 0.05) is 19.1 Å². The number of hydrogen-bond acceptors (Lipinski definition) is 3. The van der Waals surface area contributed by atoms with Gasteiger partial charge < -0.3 is 9.47 Å². The predicted octanol–water partition coefficient (Wildman–Crippen LogP) is 2.62. The van der Waals surface area contributed by atoms with Gasteiger partial charge in [-0.3, -0.25) is 4.79 Å². The number of hydrogen-bond donors (Lipinski definition) is 0. The van der Waals surface area contributed by atoms with Crippen molar-refractivity contribution in [2.45, 2.75) is 32.3 Å². The molecule has 92 valence electrons. The Hall–Kier alpha value is -1.35. The molecule has 1 heterocycles. The van der Waals surface area contributed by atoms with Gasteiger partial charge in [-0.15, -0.1) is 0 Å². The van der Waals surface area contributed by atoms with E-state index in [1.165, 1.54) is 0 Å². The van der Waals surface area contributed by atoms with E-state index in [4.69, 9.17) is 9.47 Å². The number of rotatable bonds is 4. The van der Waals surface area contributed by atoms with Crippen molar-refractivity contribution in [3.05, 3.63) is 29.3 Å². The van der Waals surface area contributed by atoms with Crippen LogP contribution in [-0.2, 0) is 11.2 Å². The van der Waals surface area contributed by atoms with Crippen LogP contribution >= 0.6 is 0 Å². The van der Waals surface area contributed by atoms with Gasteiger partial charge in [0.05, 0.1) is 6.61 Å². The Morgan fingerprint density at radius 1 is 1.53 bits per heavy atom. The van der Waals surface area contributed by atoms with E-state index in [1.54, 1.807) is 7.11 Å². The maximum atomic E-state index is 12.4. The second kappa shape index (κ2) is 4.49. The third kappa shape index (κ3) is 2.07. The first-order chi connectivity index (χ1) is 8.10. The molecule has 1 aromatic carbocycles. The van der Waals surface area contributed by atoms with E-state index in [1.807, 2.05) is 32.0 Å². The van der Waals surface area contributed by atoms with Crippen molar-refractivity contribution < 1.29 is 14.3 Å². The average Bonchev–Trinajstić information content (AvgIpc) is 2.84. The zero-order valence-electron chi connectivity index (χ0n) is 10.6. The smallest absolute Gasteiger partial charge is 0.194 e. The molecule has 1 aromatic rings. The van der Waals surface area contributed by atoms with Crippen LogP contribution in [0.1, 0.15) is 36.2 Å². The number of methoxy groups -OCH3 is 1. The van der Waals surface area contributed by atoms with E-state index in [0.29, 0.717) is 18.6 Å². The van der Waals surface area contributed by atoms with E-state index in [2.05, 4.69) is 0 Å². The molecule has 0 fully saturated rings. The Morgan fingerprint density at radius 3 is 2.94 bits per heavy atom. The largest absolute Gasteiger partial charge is 0.493 e. The van der Waals surface area contributed by atoms with E-state index < -0.39 is 5.60 Å². The van der Waals surface area contributed by atoms with Crippen molar-refractivity contribution >= 4 is 5.78 Å². The number of benzene rings is 1. The number of carbonyl (C=O) groups excluding carboxylic acids is 1. The summed E-state index contributed by atoms with van der Waals surface area (Å²) in [6, 6.07) is 5.62. The summed E-state index contributed by atoms with van der Waals surface area (Å²) in [6.07, 6.45) is 1.54. The number of ether oxygens (including phenoxy) is 2. The average molecular weight is 234 g/mol. The minimum atomic E-state index is -0.728. The molecule has 3 heteroatoms. The van der Waals surface area contributed by atoms with Crippen LogP contribution in [0.3, 0.4) is 0 Å². The van der Waals surface area contributed by atoms with Crippen LogP contribution in [0.5, 0.6) is 5.75 Å². The second-order valence-corrected chi connectivity index (χ2v) is 4.54. The molecule has 0 saturated heterocycles. The van der Waals surface area contributed by atoms with Gasteiger partial charge in [0.2, 0.25) is 0 Å². The molecule has 0 saturated carbocycles. The number of fused-ring (bicyclic) bond motifs is 1. The Kier molecular flexibility index (Phi) is 3.20. The molecule has 0 aromatic heterocycles. The van der Waals surface area contributed by atoms with E-state index in [9.17, 15) is 4.79 Å². The first kappa shape index (κ1) is 12.1. The van der Waals surface area contributed by atoms with E-state index in [-0.39, 0.29) is 5.78 Å². The van der Waals surface area contributed by atoms with Gasteiger partial charge in [-0.1, -0.05) is 6.92 Å². The maximum Gasteiger partial charge on any atom is 0.194 e. The highest BCUT2D eigenvalue weighted by Crippen LogP contribution is 2.28. The topological polar surface area (TPSA) is 35.5 Å². The predicted molar refractivity (Wildman–Crippen MR) is 65.7 cm³/mol. The summed E-state index contributed by atoms with van der Waals surface area (Å²) in [6.45, 7) is 4.50. The Labute approximate surface area is 102 Å². The highest BCUT2D eigenvalue weighted by molar-refractivity contribution is 6.02. The van der Waals surface area contributed by atoms with Crippen LogP contribution in [0, 0.1) is 0 Å². The Morgan fingerprint density at radius 2 is 2.29 bits per heavy atom. The van der Waals surface area contributed by atoms with Gasteiger partial charge >= 0.3 is 0 Å². The fourth-order valence-corrected chi connectivity index (χ4v) is 2.03. The standard InChI is InChI=1S/C14H18O3/c1-4-14(2,16-3)13(15)11-5-6-12-10(9-11)7-8-17-12/h5-6,9H,4,7-8H2,1-3H3. The summed E-state index contributed by atoms with van der Waals surface area (Å²) in [5.41, 5.74) is 1.10. The summed E-state index contributed by atoms with van der Waals surface area (Å²) < 4.78 is 10.8. The fourth-order valence-electron chi connectivity index (χ4n) is 2.03. The molecule has 0 bridgehead atoms. The monoisotopic (exact) mass is 234 g/mol. The Balaban J connectivity index is 2.31. The van der Waals surface area contributed by atoms with Crippen LogP contribution in [0.4, 0.5) is 0 Å². The fraction of sp³-hybridized carbons (Fsp3) is 0.500. The zero-order valence-corrected chi connectivity index (χ0v) is 10.6. The second-order valence-electron chi connectivity index (χ2n) is 4.54. The number of Topliss-reactive ketones (excluding diaryl/α,β-unsaturated/α-hetero) is 1. The van der Waals surface area contributed by atoms with Crippen LogP contribution < -0.4 is 4.74 Å². The molecule has 3 nitrogen and oxygen atoms in total. The molecular formula is C14H18O3. The minimum Gasteiger partial charge on any atom is -0.493 e. The van der Waals surface area contributed by atoms with Crippen molar-refractivity contribution in [1.29, 1.82) is 0 Å². The summed E-state index contributed by atoms with van der Waals surface area (Å²) in [5, 5.41) is 0. The van der Waals surface area contributed by atoms with Crippen molar-refractivity contribution in [2.24, 2.45) is 0 Å². The molecule has 0 radical (unpaired) electrons. The lowest BCUT2D eigenvalue weighted by Crippen LogP contribution is -2.36. The third-order valence-corrected chi connectivity index (χ3v) is 3.56. The van der Waals surface area contributed by atoms with Crippen LogP contribution in [0.25, 0.3) is 0 Å². The third-order valence-electron chi connectivity index (χ3n) is 3.56. The van der Waals surface area contributed by atoms with Crippen molar-refractivity contribution in [3.63, 3.8) is 0 Å². The minimum absolute atomic E-state index is 0.0391. The molecule has 1 aliphatic rings. The van der Waals surface area contributed by atoms with Gasteiger partial charge in [-0.25, -0.2) is 0 Å². The maximum absolute atomic E-state index is 12.4. The molecule has 2 rings (SSSR count). The molecule has 0 aliphatic carbocycles. The number of ketones is 1. The van der Waals surface area contributed by atoms with E-state index in [0.717, 1.165) is 17.7 Å². The molecule has 17 heavy (non-hydrogen) atoms. The highest BCUT2D eigenvalue weighted by Gasteiger charge is 2.32. The summed E-state index contributed by atoms with van der Waals surface area (Å²) in [5.74, 6) is 0.939. The Bertz CT molecular complexity index is 433. The van der Waals surface area contributed by atoms with Crippen molar-refractivity contribution in [3.8, 4) is 5.75 Å². The van der Waals surface area contributed by atoms with Crippen LogP contribution in [0.2, 0.25) is 0 Å². The quantitative estimate of drug-likeness (QED) is 0.751. The van der Waals surface area contributed by atoms with Gasteiger partial charge in [-0.2, -0.15) is 0 Å². The van der Waals surface area contributed by atoms with Crippen LogP contribution in [-0.4, -0.2) is 25.1 Å². The zero-order chi connectivity index (χ0) is 12.5. The van der Waals surface area contributed by atoms with E-state index >= 15 is 0 Å². The summed E-state index contributed by atoms with van der Waals surface area (Å²) in [4.78, 5) is 12.4. The SMILES string of the molecule is CCC(C)(OC)C(=O)c1ccc2c(c1)CCO2. The summed E-state index contributed by atoms with van der Waals surface area (Å²) >= 11 is 0. The van der Waals surface area contributed by atoms with Gasteiger partial charge in [0.15, 0.2) is 5.78 Å². The lowest BCUT2D eigenvalue weighted by molar-refractivity contribution is 0.0106. The van der Waals surface area contributed by atoms with Crippen molar-refractivity contribution in [2.75, 3.05) is 13.7 Å². The first-order valence-corrected chi connectivity index (χ1v) is 5.96. The molecule has 0 spiro atoms. The van der Waals surface area contributed by atoms with Gasteiger partial charge in [0.1, 0.15) is 11.4 Å². The highest BCUT2D eigenvalue weighted by atomic mass is 16.5. The van der Waals surface area contributed by atoms with Crippen molar-refractivity contribution in [1.82, 2.24) is 0 Å². The van der Waals surface area contributed by atoms with Gasteiger partial charge in [-0.05, 0) is 37.1 Å². The number of carbonyl (C=O) groups is 1. The van der Waals surface area contributed by atoms with Gasteiger partial charge in [0.25, 0.3) is 0 Å². The molecule has 1 atom stereocenters. The van der Waals surface area contributed by atoms with Crippen LogP contribution in [0.15, 0.2) is 18.2 Å². The molecule has 1 unspecified atom stereocenters. The molecular weight excluding hydrogens is 216 g/mol.